The summed E-state index contributed by atoms with van der Waals surface area (Å²) < 4.78 is 92.0. The van der Waals surface area contributed by atoms with Crippen LogP contribution in [0, 0.1) is 29.1 Å². The molecular formula is C27H39F7O. The Balaban J connectivity index is 1.66. The molecule has 1 nitrogen and oxygen atoms in total. The Morgan fingerprint density at radius 2 is 1.71 bits per heavy atom. The van der Waals surface area contributed by atoms with Crippen molar-refractivity contribution in [2.24, 2.45) is 29.1 Å². The highest BCUT2D eigenvalue weighted by Gasteiger charge is 2.69. The van der Waals surface area contributed by atoms with Gasteiger partial charge in [0.15, 0.2) is 0 Å². The summed E-state index contributed by atoms with van der Waals surface area (Å²) in [6, 6.07) is 0. The Morgan fingerprint density at radius 3 is 2.31 bits per heavy atom. The maximum Gasteiger partial charge on any atom is 0.426 e. The van der Waals surface area contributed by atoms with E-state index in [9.17, 15) is 35.8 Å². The normalized spacial score (nSPS) is 36.0. The van der Waals surface area contributed by atoms with Crippen LogP contribution in [0.2, 0.25) is 0 Å². The number of allylic oxidation sites excluding steroid dienone is 4. The highest BCUT2D eigenvalue weighted by Crippen LogP contribution is 2.60. The number of hydrogen-bond acceptors (Lipinski definition) is 1. The molecule has 3 aliphatic carbocycles. The molecule has 0 aromatic carbocycles. The van der Waals surface area contributed by atoms with Gasteiger partial charge in [-0.25, -0.2) is 4.39 Å². The van der Waals surface area contributed by atoms with E-state index in [-0.39, 0.29) is 30.1 Å². The summed E-state index contributed by atoms with van der Waals surface area (Å²) in [4.78, 5) is 0. The Morgan fingerprint density at radius 1 is 1.06 bits per heavy atom. The third-order valence-electron chi connectivity index (χ3n) is 9.15. The zero-order valence-corrected chi connectivity index (χ0v) is 20.9. The van der Waals surface area contributed by atoms with E-state index in [2.05, 4.69) is 26.0 Å². The molecule has 202 valence electrons. The van der Waals surface area contributed by atoms with E-state index in [0.29, 0.717) is 24.7 Å². The van der Waals surface area contributed by atoms with Gasteiger partial charge in [-0.2, -0.15) is 26.3 Å². The first kappa shape index (κ1) is 28.5. The lowest BCUT2D eigenvalue weighted by Crippen LogP contribution is -2.56. The summed E-state index contributed by atoms with van der Waals surface area (Å²) in [5.74, 6) is 0.840. The van der Waals surface area contributed by atoms with Gasteiger partial charge in [0.1, 0.15) is 6.17 Å². The largest absolute Gasteiger partial charge is 0.426 e. The molecule has 6 atom stereocenters. The van der Waals surface area contributed by atoms with Crippen LogP contribution in [0.5, 0.6) is 0 Å². The second-order valence-electron chi connectivity index (χ2n) is 11.7. The average molecular weight is 513 g/mol. The standard InChI is InChI=1S/C27H39F7O/c1-17-14-19(16-21(28)15-17)8-9-20-7-5-12-24(3)22(10-11-23(20)24)18(2)6-4-13-25(35,26(29,30)31)27(32,33)34/h8-9,17-18,21-23,35H,4-7,10-16H2,1-3H3/b19-8-,20-9+/t17-,18-,21+,22-,23+,24-/m1/s1. The van der Waals surface area contributed by atoms with E-state index in [0.717, 1.165) is 44.1 Å². The lowest BCUT2D eigenvalue weighted by Gasteiger charge is -2.44. The minimum Gasteiger partial charge on any atom is -0.374 e. The molecule has 0 saturated heterocycles. The molecule has 0 aromatic rings. The number of hydrogen-bond donors (Lipinski definition) is 1. The Bertz CT molecular complexity index is 770. The summed E-state index contributed by atoms with van der Waals surface area (Å²) in [7, 11) is 0. The van der Waals surface area contributed by atoms with E-state index >= 15 is 0 Å². The van der Waals surface area contributed by atoms with Crippen LogP contribution < -0.4 is 0 Å². The van der Waals surface area contributed by atoms with E-state index in [4.69, 9.17) is 0 Å². The molecule has 0 heterocycles. The Hall–Kier alpha value is -1.05. The lowest BCUT2D eigenvalue weighted by molar-refractivity contribution is -0.370. The number of halogens is 7. The number of alkyl halides is 7. The second-order valence-corrected chi connectivity index (χ2v) is 11.7. The topological polar surface area (TPSA) is 20.2 Å². The van der Waals surface area contributed by atoms with Gasteiger partial charge >= 0.3 is 12.4 Å². The van der Waals surface area contributed by atoms with Crippen molar-refractivity contribution in [1.29, 1.82) is 0 Å². The van der Waals surface area contributed by atoms with Gasteiger partial charge in [0, 0.05) is 0 Å². The summed E-state index contributed by atoms with van der Waals surface area (Å²) in [5.41, 5.74) is -2.22. The third kappa shape index (κ3) is 5.93. The van der Waals surface area contributed by atoms with Crippen LogP contribution in [0.4, 0.5) is 30.7 Å². The average Bonchev–Trinajstić information content (AvgIpc) is 3.07. The van der Waals surface area contributed by atoms with Crippen LogP contribution >= 0.6 is 0 Å². The van der Waals surface area contributed by atoms with Crippen LogP contribution in [0.25, 0.3) is 0 Å². The fraction of sp³-hybridized carbons (Fsp3) is 0.852. The van der Waals surface area contributed by atoms with Crippen molar-refractivity contribution in [2.75, 3.05) is 0 Å². The summed E-state index contributed by atoms with van der Waals surface area (Å²) in [5, 5.41) is 9.45. The van der Waals surface area contributed by atoms with Crippen LogP contribution in [0.15, 0.2) is 23.3 Å². The van der Waals surface area contributed by atoms with Crippen molar-refractivity contribution in [1.82, 2.24) is 0 Å². The highest BCUT2D eigenvalue weighted by atomic mass is 19.4. The molecule has 0 radical (unpaired) electrons. The molecule has 8 heteroatoms. The Kier molecular flexibility index (Phi) is 8.45. The van der Waals surface area contributed by atoms with Crippen LogP contribution in [-0.4, -0.2) is 29.2 Å². The van der Waals surface area contributed by atoms with E-state index in [1.54, 1.807) is 0 Å². The summed E-state index contributed by atoms with van der Waals surface area (Å²) >= 11 is 0. The molecule has 0 spiro atoms. The minimum atomic E-state index is -5.76. The SMILES string of the molecule is C[C@@H]1C/C(=C/C=C2\CCC[C@]3(C)[C@@H]([C@H](C)CCCC(O)(C(F)(F)F)C(F)(F)F)CC[C@@H]23)C[C@@H](F)C1. The zero-order valence-electron chi connectivity index (χ0n) is 20.9. The lowest BCUT2D eigenvalue weighted by atomic mass is 9.60. The molecular weight excluding hydrogens is 473 g/mol. The highest BCUT2D eigenvalue weighted by molar-refractivity contribution is 5.26. The third-order valence-corrected chi connectivity index (χ3v) is 9.15. The van der Waals surface area contributed by atoms with E-state index < -0.39 is 30.5 Å². The Labute approximate surface area is 204 Å². The fourth-order valence-electron chi connectivity index (χ4n) is 7.32. The molecule has 1 N–H and O–H groups in total. The van der Waals surface area contributed by atoms with Gasteiger partial charge in [-0.05, 0) is 93.3 Å². The molecule has 0 aromatic heterocycles. The summed E-state index contributed by atoms with van der Waals surface area (Å²) in [6.07, 6.45) is -2.73. The van der Waals surface area contributed by atoms with Crippen LogP contribution in [0.3, 0.4) is 0 Å². The maximum absolute atomic E-state index is 14.0. The second kappa shape index (κ2) is 10.4. The zero-order chi connectivity index (χ0) is 26.2. The quantitative estimate of drug-likeness (QED) is 0.352. The van der Waals surface area contributed by atoms with Gasteiger partial charge < -0.3 is 5.11 Å². The smallest absolute Gasteiger partial charge is 0.374 e. The van der Waals surface area contributed by atoms with Gasteiger partial charge in [-0.15, -0.1) is 0 Å². The van der Waals surface area contributed by atoms with Crippen LogP contribution in [-0.2, 0) is 0 Å². The van der Waals surface area contributed by atoms with Crippen molar-refractivity contribution in [3.8, 4) is 0 Å². The first-order valence-electron chi connectivity index (χ1n) is 13.0. The van der Waals surface area contributed by atoms with E-state index in [1.165, 1.54) is 5.57 Å². The van der Waals surface area contributed by atoms with Crippen molar-refractivity contribution >= 4 is 0 Å². The number of rotatable bonds is 6. The number of fused-ring (bicyclic) bond motifs is 1. The summed E-state index contributed by atoms with van der Waals surface area (Å²) in [6.45, 7) is 6.20. The molecule has 0 bridgehead atoms. The fourth-order valence-corrected chi connectivity index (χ4v) is 7.32. The predicted octanol–water partition coefficient (Wildman–Crippen LogP) is 8.88. The van der Waals surface area contributed by atoms with Gasteiger partial charge in [0.25, 0.3) is 5.60 Å². The molecule has 3 aliphatic rings. The van der Waals surface area contributed by atoms with Gasteiger partial charge in [-0.1, -0.05) is 50.5 Å². The molecule has 0 aliphatic heterocycles. The van der Waals surface area contributed by atoms with Gasteiger partial charge in [0.2, 0.25) is 0 Å². The number of aliphatic hydroxyl groups is 1. The molecule has 3 rings (SSSR count). The molecule has 3 fully saturated rings. The van der Waals surface area contributed by atoms with Gasteiger partial charge in [-0.3, -0.25) is 0 Å². The first-order valence-corrected chi connectivity index (χ1v) is 13.0. The van der Waals surface area contributed by atoms with Crippen molar-refractivity contribution in [2.45, 2.75) is 116 Å². The monoisotopic (exact) mass is 512 g/mol. The maximum atomic E-state index is 14.0. The van der Waals surface area contributed by atoms with Crippen molar-refractivity contribution in [3.05, 3.63) is 23.3 Å². The molecule has 0 amide bonds. The molecule has 0 unspecified atom stereocenters. The molecule has 35 heavy (non-hydrogen) atoms. The molecule has 3 saturated carbocycles. The first-order chi connectivity index (χ1) is 16.1. The minimum absolute atomic E-state index is 0.0417. The van der Waals surface area contributed by atoms with Crippen molar-refractivity contribution < 1.29 is 35.8 Å². The van der Waals surface area contributed by atoms with E-state index in [1.807, 2.05) is 6.92 Å². The van der Waals surface area contributed by atoms with Crippen LogP contribution in [0.1, 0.15) is 91.4 Å². The predicted molar refractivity (Wildman–Crippen MR) is 122 cm³/mol. The van der Waals surface area contributed by atoms with Crippen molar-refractivity contribution in [3.63, 3.8) is 0 Å². The van der Waals surface area contributed by atoms with Gasteiger partial charge in [0.05, 0.1) is 0 Å².